The fourth-order valence-electron chi connectivity index (χ4n) is 2.10. The summed E-state index contributed by atoms with van der Waals surface area (Å²) in [6.07, 6.45) is -2.18. The number of rotatable bonds is 4. The van der Waals surface area contributed by atoms with Crippen LogP contribution in [-0.4, -0.2) is 33.3 Å². The number of carbonyl (C=O) groups is 2. The van der Waals surface area contributed by atoms with E-state index in [1.54, 1.807) is 18.2 Å². The Morgan fingerprint density at radius 1 is 1.32 bits per heavy atom. The van der Waals surface area contributed by atoms with Gasteiger partial charge in [0.05, 0.1) is 12.5 Å². The summed E-state index contributed by atoms with van der Waals surface area (Å²) in [4.78, 5) is 21.7. The number of amides is 1. The predicted octanol–water partition coefficient (Wildman–Crippen LogP) is 0.440. The van der Waals surface area contributed by atoms with Crippen LogP contribution in [0.1, 0.15) is 30.1 Å². The summed E-state index contributed by atoms with van der Waals surface area (Å²) in [7, 11) is 0. The predicted molar refractivity (Wildman–Crippen MR) is 66.6 cm³/mol. The molecule has 1 heterocycles. The van der Waals surface area contributed by atoms with Crippen molar-refractivity contribution >= 4 is 17.6 Å². The Bertz CT molecular complexity index is 514. The first-order valence-corrected chi connectivity index (χ1v) is 5.98. The van der Waals surface area contributed by atoms with E-state index in [-0.39, 0.29) is 5.91 Å². The van der Waals surface area contributed by atoms with Crippen molar-refractivity contribution in [2.75, 3.05) is 5.32 Å². The van der Waals surface area contributed by atoms with Gasteiger partial charge in [0.25, 0.3) is 0 Å². The minimum Gasteiger partial charge on any atom is -0.481 e. The fraction of sp³-hybridized carbons (Fsp3) is 0.385. The Labute approximate surface area is 109 Å². The molecule has 2 unspecified atom stereocenters. The second-order valence-electron chi connectivity index (χ2n) is 4.57. The van der Waals surface area contributed by atoms with Gasteiger partial charge in [-0.2, -0.15) is 0 Å². The lowest BCUT2D eigenvalue weighted by atomic mass is 9.95. The number of hydrogen-bond acceptors (Lipinski definition) is 4. The van der Waals surface area contributed by atoms with Crippen molar-refractivity contribution in [3.8, 4) is 0 Å². The molecule has 0 saturated heterocycles. The SMILES string of the molecule is O=C(O)CC(O)C(O)c1ccc2c(c1)CCC(=O)N2. The number of anilines is 1. The van der Waals surface area contributed by atoms with Crippen LogP contribution in [-0.2, 0) is 16.0 Å². The van der Waals surface area contributed by atoms with Gasteiger partial charge in [-0.3, -0.25) is 9.59 Å². The average molecular weight is 265 g/mol. The highest BCUT2D eigenvalue weighted by molar-refractivity contribution is 5.93. The van der Waals surface area contributed by atoms with Crippen LogP contribution >= 0.6 is 0 Å². The number of aryl methyl sites for hydroxylation is 1. The van der Waals surface area contributed by atoms with Crippen molar-refractivity contribution in [2.45, 2.75) is 31.5 Å². The van der Waals surface area contributed by atoms with Crippen molar-refractivity contribution < 1.29 is 24.9 Å². The van der Waals surface area contributed by atoms with Crippen LogP contribution < -0.4 is 5.32 Å². The van der Waals surface area contributed by atoms with Crippen LogP contribution in [0.2, 0.25) is 0 Å². The minimum atomic E-state index is -1.35. The molecule has 19 heavy (non-hydrogen) atoms. The molecule has 0 aromatic heterocycles. The van der Waals surface area contributed by atoms with E-state index in [0.717, 1.165) is 5.56 Å². The number of carboxylic acid groups (broad SMARTS) is 1. The van der Waals surface area contributed by atoms with Crippen molar-refractivity contribution in [3.63, 3.8) is 0 Å². The number of aliphatic carboxylic acids is 1. The minimum absolute atomic E-state index is 0.0493. The third-order valence-corrected chi connectivity index (χ3v) is 3.11. The standard InChI is InChI=1S/C13H15NO5/c15-10(6-12(17)18)13(19)8-1-3-9-7(5-8)2-4-11(16)14-9/h1,3,5,10,13,15,19H,2,4,6H2,(H,14,16)(H,17,18). The third kappa shape index (κ3) is 3.10. The van der Waals surface area contributed by atoms with Gasteiger partial charge in [0.1, 0.15) is 6.10 Å². The summed E-state index contributed by atoms with van der Waals surface area (Å²) in [6.45, 7) is 0. The number of hydrogen-bond donors (Lipinski definition) is 4. The number of fused-ring (bicyclic) bond motifs is 1. The van der Waals surface area contributed by atoms with E-state index in [2.05, 4.69) is 5.32 Å². The smallest absolute Gasteiger partial charge is 0.306 e. The van der Waals surface area contributed by atoms with Crippen LogP contribution in [0.3, 0.4) is 0 Å². The maximum absolute atomic E-state index is 11.2. The van der Waals surface area contributed by atoms with Gasteiger partial charge in [0.2, 0.25) is 5.91 Å². The summed E-state index contributed by atoms with van der Waals surface area (Å²) in [5.41, 5.74) is 2.02. The van der Waals surface area contributed by atoms with Gasteiger partial charge in [-0.15, -0.1) is 0 Å². The molecule has 1 amide bonds. The molecule has 6 nitrogen and oxygen atoms in total. The maximum Gasteiger partial charge on any atom is 0.306 e. The molecule has 0 bridgehead atoms. The summed E-state index contributed by atoms with van der Waals surface area (Å²) in [5, 5.41) is 30.8. The van der Waals surface area contributed by atoms with Crippen molar-refractivity contribution in [1.82, 2.24) is 0 Å². The first-order valence-electron chi connectivity index (χ1n) is 5.98. The van der Waals surface area contributed by atoms with Gasteiger partial charge in [0, 0.05) is 12.1 Å². The van der Waals surface area contributed by atoms with E-state index < -0.39 is 24.6 Å². The number of nitrogens with one attached hydrogen (secondary N) is 1. The molecule has 1 aromatic rings. The van der Waals surface area contributed by atoms with Crippen LogP contribution in [0.5, 0.6) is 0 Å². The molecule has 0 spiro atoms. The molecule has 1 aromatic carbocycles. The lowest BCUT2D eigenvalue weighted by molar-refractivity contribution is -0.141. The molecule has 0 aliphatic carbocycles. The van der Waals surface area contributed by atoms with Crippen molar-refractivity contribution in [3.05, 3.63) is 29.3 Å². The van der Waals surface area contributed by atoms with E-state index in [1.165, 1.54) is 0 Å². The van der Waals surface area contributed by atoms with Gasteiger partial charge in [0.15, 0.2) is 0 Å². The molecule has 2 rings (SSSR count). The van der Waals surface area contributed by atoms with E-state index >= 15 is 0 Å². The number of carbonyl (C=O) groups excluding carboxylic acids is 1. The van der Waals surface area contributed by atoms with E-state index in [1.807, 2.05) is 0 Å². The zero-order chi connectivity index (χ0) is 14.0. The zero-order valence-electron chi connectivity index (χ0n) is 10.2. The highest BCUT2D eigenvalue weighted by Crippen LogP contribution is 2.27. The van der Waals surface area contributed by atoms with Crippen LogP contribution in [0.4, 0.5) is 5.69 Å². The lowest BCUT2D eigenvalue weighted by Crippen LogP contribution is -2.23. The van der Waals surface area contributed by atoms with Crippen molar-refractivity contribution in [1.29, 1.82) is 0 Å². The van der Waals surface area contributed by atoms with E-state index in [0.29, 0.717) is 24.1 Å². The summed E-state index contributed by atoms with van der Waals surface area (Å²) < 4.78 is 0. The maximum atomic E-state index is 11.2. The molecule has 0 radical (unpaired) electrons. The second kappa shape index (κ2) is 5.38. The molecule has 6 heteroatoms. The molecular formula is C13H15NO5. The Balaban J connectivity index is 2.17. The summed E-state index contributed by atoms with van der Waals surface area (Å²) in [5.74, 6) is -1.22. The Morgan fingerprint density at radius 3 is 2.74 bits per heavy atom. The van der Waals surface area contributed by atoms with Crippen LogP contribution in [0, 0.1) is 0 Å². The molecule has 0 saturated carbocycles. The monoisotopic (exact) mass is 265 g/mol. The number of benzene rings is 1. The quantitative estimate of drug-likeness (QED) is 0.632. The van der Waals surface area contributed by atoms with Crippen LogP contribution in [0.15, 0.2) is 18.2 Å². The Hall–Kier alpha value is -1.92. The Morgan fingerprint density at radius 2 is 2.05 bits per heavy atom. The Kier molecular flexibility index (Phi) is 3.82. The highest BCUT2D eigenvalue weighted by atomic mass is 16.4. The normalized spacial score (nSPS) is 17.3. The first-order chi connectivity index (χ1) is 8.97. The molecule has 102 valence electrons. The van der Waals surface area contributed by atoms with E-state index in [4.69, 9.17) is 5.11 Å². The molecule has 1 aliphatic heterocycles. The molecule has 2 atom stereocenters. The van der Waals surface area contributed by atoms with Gasteiger partial charge < -0.3 is 20.6 Å². The van der Waals surface area contributed by atoms with Gasteiger partial charge in [-0.05, 0) is 23.6 Å². The molecule has 0 fully saturated rings. The molecule has 1 aliphatic rings. The van der Waals surface area contributed by atoms with Crippen molar-refractivity contribution in [2.24, 2.45) is 0 Å². The zero-order valence-corrected chi connectivity index (χ0v) is 10.2. The molecule has 4 N–H and O–H groups in total. The van der Waals surface area contributed by atoms with Crippen LogP contribution in [0.25, 0.3) is 0 Å². The fourth-order valence-corrected chi connectivity index (χ4v) is 2.10. The van der Waals surface area contributed by atoms with Gasteiger partial charge >= 0.3 is 5.97 Å². The number of carboxylic acids is 1. The third-order valence-electron chi connectivity index (χ3n) is 3.11. The average Bonchev–Trinajstić information content (AvgIpc) is 2.36. The topological polar surface area (TPSA) is 107 Å². The largest absolute Gasteiger partial charge is 0.481 e. The summed E-state index contributed by atoms with van der Waals surface area (Å²) >= 11 is 0. The second-order valence-corrected chi connectivity index (χ2v) is 4.57. The number of aliphatic hydroxyl groups is 2. The highest BCUT2D eigenvalue weighted by Gasteiger charge is 2.23. The number of aliphatic hydroxyl groups excluding tert-OH is 2. The first kappa shape index (κ1) is 13.5. The molecular weight excluding hydrogens is 250 g/mol. The summed E-state index contributed by atoms with van der Waals surface area (Å²) in [6, 6.07) is 4.91. The van der Waals surface area contributed by atoms with Gasteiger partial charge in [-0.25, -0.2) is 0 Å². The van der Waals surface area contributed by atoms with Gasteiger partial charge in [-0.1, -0.05) is 12.1 Å². The van der Waals surface area contributed by atoms with E-state index in [9.17, 15) is 19.8 Å². The lowest BCUT2D eigenvalue weighted by Gasteiger charge is -2.21.